The molecule has 0 aliphatic rings. The van der Waals surface area contributed by atoms with Crippen LogP contribution in [0.2, 0.25) is 0 Å². The molecule has 82 valence electrons. The maximum Gasteiger partial charge on any atom is 0.270 e. The average molecular weight is 229 g/mol. The molecule has 0 saturated carbocycles. The number of hydrogen-bond acceptors (Lipinski definition) is 4. The molecule has 0 heterocycles. The van der Waals surface area contributed by atoms with Gasteiger partial charge < -0.3 is 4.74 Å². The maximum absolute atomic E-state index is 11.2. The lowest BCUT2D eigenvalue weighted by atomic mass is 10.3. The smallest absolute Gasteiger partial charge is 0.270 e. The van der Waals surface area contributed by atoms with Crippen LogP contribution >= 0.6 is 0 Å². The normalized spacial score (nSPS) is 10.7. The zero-order chi connectivity index (χ0) is 11.3. The molecular weight excluding hydrogens is 218 g/mol. The summed E-state index contributed by atoms with van der Waals surface area (Å²) in [6.07, 6.45) is 0. The highest BCUT2D eigenvalue weighted by atomic mass is 32.2. The summed E-state index contributed by atoms with van der Waals surface area (Å²) < 4.78 is 29.1. The third-order valence-corrected chi connectivity index (χ3v) is 2.45. The van der Waals surface area contributed by atoms with E-state index in [0.29, 0.717) is 5.75 Å². The minimum absolute atomic E-state index is 0.437. The second-order valence-corrected chi connectivity index (χ2v) is 4.52. The lowest BCUT2D eigenvalue weighted by Crippen LogP contribution is -2.32. The van der Waals surface area contributed by atoms with Gasteiger partial charge in [-0.15, -0.1) is 0 Å². The molecule has 1 aromatic carbocycles. The summed E-state index contributed by atoms with van der Waals surface area (Å²) in [6, 6.07) is 8.49. The predicted molar refractivity (Wildman–Crippen MR) is 54.7 cm³/mol. The molecule has 0 aromatic heterocycles. The zero-order valence-corrected chi connectivity index (χ0v) is 8.95. The van der Waals surface area contributed by atoms with E-state index < -0.39 is 21.9 Å². The molecule has 1 N–H and O–H groups in total. The molecule has 1 aromatic rings. The molecule has 15 heavy (non-hydrogen) atoms. The second kappa shape index (κ2) is 4.79. The third kappa shape index (κ3) is 4.46. The molecule has 1 rings (SSSR count). The molecule has 0 spiro atoms. The van der Waals surface area contributed by atoms with Gasteiger partial charge in [0.25, 0.3) is 10.0 Å². The number of hydrogen-bond donors (Lipinski definition) is 1. The molecule has 1 amide bonds. The number of para-hydroxylation sites is 1. The monoisotopic (exact) mass is 229 g/mol. The molecule has 0 radical (unpaired) electrons. The lowest BCUT2D eigenvalue weighted by molar-refractivity contribution is -0.117. The van der Waals surface area contributed by atoms with E-state index in [4.69, 9.17) is 4.74 Å². The van der Waals surface area contributed by atoms with Crippen LogP contribution in [0.1, 0.15) is 6.92 Å². The third-order valence-electron chi connectivity index (χ3n) is 1.42. The average Bonchev–Trinajstić information content (AvgIpc) is 2.15. The number of carbonyl (C=O) groups is 1. The van der Waals surface area contributed by atoms with Crippen LogP contribution in [0.25, 0.3) is 0 Å². The first kappa shape index (κ1) is 11.5. The number of rotatable bonds is 4. The van der Waals surface area contributed by atoms with Crippen LogP contribution in [0.5, 0.6) is 5.75 Å². The molecule has 0 saturated heterocycles. The summed E-state index contributed by atoms with van der Waals surface area (Å²) in [4.78, 5) is 10.5. The molecule has 0 unspecified atom stereocenters. The fourth-order valence-electron chi connectivity index (χ4n) is 0.911. The Morgan fingerprint density at radius 3 is 2.47 bits per heavy atom. The fourth-order valence-corrected chi connectivity index (χ4v) is 1.70. The maximum atomic E-state index is 11.2. The van der Waals surface area contributed by atoms with Crippen LogP contribution in [0.4, 0.5) is 0 Å². The van der Waals surface area contributed by atoms with Gasteiger partial charge in [0.2, 0.25) is 11.8 Å². The van der Waals surface area contributed by atoms with Gasteiger partial charge in [-0.3, -0.25) is 9.52 Å². The van der Waals surface area contributed by atoms with Gasteiger partial charge >= 0.3 is 0 Å². The van der Waals surface area contributed by atoms with Gasteiger partial charge in [-0.2, -0.15) is 0 Å². The van der Waals surface area contributed by atoms with Gasteiger partial charge in [0.15, 0.2) is 0 Å². The Labute approximate surface area is 88.1 Å². The molecule has 0 aliphatic carbocycles. The van der Waals surface area contributed by atoms with E-state index in [-0.39, 0.29) is 0 Å². The number of nitrogens with one attached hydrogen (secondary N) is 1. The van der Waals surface area contributed by atoms with Crippen molar-refractivity contribution in [2.75, 3.05) is 5.94 Å². The molecule has 0 aliphatic heterocycles. The molecule has 5 nitrogen and oxygen atoms in total. The zero-order valence-electron chi connectivity index (χ0n) is 8.14. The Balaban J connectivity index is 2.54. The molecule has 0 fully saturated rings. The first-order valence-corrected chi connectivity index (χ1v) is 5.84. The van der Waals surface area contributed by atoms with Crippen molar-refractivity contribution in [2.45, 2.75) is 6.92 Å². The van der Waals surface area contributed by atoms with E-state index in [9.17, 15) is 13.2 Å². The first-order chi connectivity index (χ1) is 6.99. The van der Waals surface area contributed by atoms with E-state index in [2.05, 4.69) is 0 Å². The standard InChI is InChI=1S/C9H11NO4S/c1-8(11)10-15(12,13)7-14-9-5-3-2-4-6-9/h2-6H,7H2,1H3,(H,10,11). The van der Waals surface area contributed by atoms with Crippen molar-refractivity contribution in [1.29, 1.82) is 0 Å². The van der Waals surface area contributed by atoms with Gasteiger partial charge in [0.1, 0.15) is 5.75 Å². The highest BCUT2D eigenvalue weighted by Crippen LogP contribution is 2.08. The topological polar surface area (TPSA) is 72.5 Å². The first-order valence-electron chi connectivity index (χ1n) is 4.18. The second-order valence-electron chi connectivity index (χ2n) is 2.85. The Morgan fingerprint density at radius 2 is 1.93 bits per heavy atom. The Hall–Kier alpha value is -1.56. The number of ether oxygens (including phenoxy) is 1. The highest BCUT2D eigenvalue weighted by molar-refractivity contribution is 7.89. The fraction of sp³-hybridized carbons (Fsp3) is 0.222. The number of amides is 1. The SMILES string of the molecule is CC(=O)NS(=O)(=O)COc1ccccc1. The van der Waals surface area contributed by atoms with Crippen molar-refractivity contribution >= 4 is 15.9 Å². The number of sulfonamides is 1. The van der Waals surface area contributed by atoms with Crippen LogP contribution in [0, 0.1) is 0 Å². The van der Waals surface area contributed by atoms with Crippen LogP contribution < -0.4 is 9.46 Å². The predicted octanol–water partition coefficient (Wildman–Crippen LogP) is 0.489. The van der Waals surface area contributed by atoms with Crippen molar-refractivity contribution in [3.05, 3.63) is 30.3 Å². The van der Waals surface area contributed by atoms with Crippen LogP contribution in [-0.4, -0.2) is 20.3 Å². The Kier molecular flexibility index (Phi) is 3.68. The molecule has 6 heteroatoms. The quantitative estimate of drug-likeness (QED) is 0.815. The van der Waals surface area contributed by atoms with Crippen LogP contribution in [-0.2, 0) is 14.8 Å². The van der Waals surface area contributed by atoms with Crippen LogP contribution in [0.15, 0.2) is 30.3 Å². The number of benzene rings is 1. The summed E-state index contributed by atoms with van der Waals surface area (Å²) in [5, 5.41) is 0. The minimum atomic E-state index is -3.70. The van der Waals surface area contributed by atoms with E-state index in [1.807, 2.05) is 0 Å². The van der Waals surface area contributed by atoms with Crippen molar-refractivity contribution in [2.24, 2.45) is 0 Å². The van der Waals surface area contributed by atoms with E-state index in [0.717, 1.165) is 6.92 Å². The van der Waals surface area contributed by atoms with E-state index in [1.165, 1.54) is 0 Å². The van der Waals surface area contributed by atoms with Crippen molar-refractivity contribution in [3.63, 3.8) is 0 Å². The molecular formula is C9H11NO4S. The van der Waals surface area contributed by atoms with Gasteiger partial charge in [-0.05, 0) is 12.1 Å². The number of carbonyl (C=O) groups excluding carboxylic acids is 1. The Bertz CT molecular complexity index is 427. The van der Waals surface area contributed by atoms with Gasteiger partial charge in [-0.25, -0.2) is 8.42 Å². The largest absolute Gasteiger partial charge is 0.476 e. The summed E-state index contributed by atoms with van der Waals surface area (Å²) >= 11 is 0. The van der Waals surface area contributed by atoms with Crippen molar-refractivity contribution in [3.8, 4) is 5.75 Å². The summed E-state index contributed by atoms with van der Waals surface area (Å²) in [5.74, 6) is -0.769. The van der Waals surface area contributed by atoms with Gasteiger partial charge in [-0.1, -0.05) is 18.2 Å². The van der Waals surface area contributed by atoms with E-state index in [1.54, 1.807) is 35.1 Å². The van der Waals surface area contributed by atoms with Crippen molar-refractivity contribution in [1.82, 2.24) is 4.72 Å². The van der Waals surface area contributed by atoms with Crippen molar-refractivity contribution < 1.29 is 17.9 Å². The lowest BCUT2D eigenvalue weighted by Gasteiger charge is -2.06. The molecule has 0 bridgehead atoms. The van der Waals surface area contributed by atoms with Gasteiger partial charge in [0, 0.05) is 6.92 Å². The van der Waals surface area contributed by atoms with E-state index >= 15 is 0 Å². The highest BCUT2D eigenvalue weighted by Gasteiger charge is 2.12. The summed E-state index contributed by atoms with van der Waals surface area (Å²) in [7, 11) is -3.70. The minimum Gasteiger partial charge on any atom is -0.476 e. The summed E-state index contributed by atoms with van der Waals surface area (Å²) in [6.45, 7) is 1.13. The van der Waals surface area contributed by atoms with Gasteiger partial charge in [0.05, 0.1) is 0 Å². The Morgan fingerprint density at radius 1 is 1.33 bits per heavy atom. The van der Waals surface area contributed by atoms with Crippen LogP contribution in [0.3, 0.4) is 0 Å². The molecule has 0 atom stereocenters. The summed E-state index contributed by atoms with van der Waals surface area (Å²) in [5.41, 5.74) is 0.